The van der Waals surface area contributed by atoms with E-state index in [0.717, 1.165) is 0 Å². The number of nitrogens with zero attached hydrogens (tertiary/aromatic N) is 1. The molecule has 1 rings (SSSR count). The molecule has 0 aliphatic carbocycles. The fourth-order valence-corrected chi connectivity index (χ4v) is 0.852. The Bertz CT molecular complexity index is 365. The summed E-state index contributed by atoms with van der Waals surface area (Å²) in [7, 11) is 0. The number of rotatable bonds is 3. The normalized spacial score (nSPS) is 11.1. The number of nitrogens with two attached hydrogens (primary N) is 1. The van der Waals surface area contributed by atoms with E-state index in [1.54, 1.807) is 0 Å². The van der Waals surface area contributed by atoms with Crippen molar-refractivity contribution in [3.63, 3.8) is 0 Å². The summed E-state index contributed by atoms with van der Waals surface area (Å²) >= 11 is 0. The average molecular weight is 220 g/mol. The second-order valence-corrected chi connectivity index (χ2v) is 2.62. The Kier molecular flexibility index (Phi) is 3.13. The molecule has 1 aromatic heterocycles. The van der Waals surface area contributed by atoms with Gasteiger partial charge in [0.05, 0.1) is 0 Å². The molecule has 0 spiro atoms. The van der Waals surface area contributed by atoms with Gasteiger partial charge in [0.1, 0.15) is 0 Å². The molecule has 0 bridgehead atoms. The first-order valence-electron chi connectivity index (χ1n) is 3.84. The zero-order valence-corrected chi connectivity index (χ0v) is 7.41. The highest BCUT2D eigenvalue weighted by Gasteiger charge is 2.29. The van der Waals surface area contributed by atoms with Gasteiger partial charge >= 0.3 is 6.18 Å². The van der Waals surface area contributed by atoms with Crippen LogP contribution in [0.4, 0.5) is 13.2 Å². The van der Waals surface area contributed by atoms with Crippen LogP contribution in [-0.2, 0) is 0 Å². The molecule has 0 aromatic carbocycles. The van der Waals surface area contributed by atoms with Crippen molar-refractivity contribution in [2.45, 2.75) is 6.18 Å². The maximum absolute atomic E-state index is 11.8. The highest BCUT2D eigenvalue weighted by molar-refractivity contribution is 5.93. The number of pyridine rings is 1. The van der Waals surface area contributed by atoms with E-state index in [2.05, 4.69) is 9.72 Å². The van der Waals surface area contributed by atoms with Gasteiger partial charge < -0.3 is 10.5 Å². The van der Waals surface area contributed by atoms with Crippen LogP contribution in [0.25, 0.3) is 0 Å². The number of halogens is 3. The van der Waals surface area contributed by atoms with Crippen LogP contribution in [0, 0.1) is 0 Å². The van der Waals surface area contributed by atoms with E-state index < -0.39 is 18.7 Å². The highest BCUT2D eigenvalue weighted by Crippen LogP contribution is 2.20. The third-order valence-electron chi connectivity index (χ3n) is 1.40. The van der Waals surface area contributed by atoms with Crippen molar-refractivity contribution in [3.8, 4) is 5.75 Å². The summed E-state index contributed by atoms with van der Waals surface area (Å²) in [6, 6.07) is 2.54. The molecule has 0 radical (unpaired) electrons. The van der Waals surface area contributed by atoms with Crippen molar-refractivity contribution in [1.82, 2.24) is 4.98 Å². The Morgan fingerprint density at radius 3 is 2.73 bits per heavy atom. The van der Waals surface area contributed by atoms with Crippen LogP contribution in [0.2, 0.25) is 0 Å². The van der Waals surface area contributed by atoms with E-state index in [4.69, 9.17) is 5.73 Å². The lowest BCUT2D eigenvalue weighted by Gasteiger charge is -2.10. The quantitative estimate of drug-likeness (QED) is 0.830. The van der Waals surface area contributed by atoms with E-state index >= 15 is 0 Å². The van der Waals surface area contributed by atoms with Crippen LogP contribution < -0.4 is 10.5 Å². The van der Waals surface area contributed by atoms with Crippen molar-refractivity contribution in [1.29, 1.82) is 0 Å². The van der Waals surface area contributed by atoms with E-state index in [-0.39, 0.29) is 11.4 Å². The molecule has 0 aliphatic heterocycles. The number of aromatic nitrogens is 1. The van der Waals surface area contributed by atoms with Crippen LogP contribution >= 0.6 is 0 Å². The molecule has 0 fully saturated rings. The van der Waals surface area contributed by atoms with Crippen LogP contribution in [0.15, 0.2) is 18.3 Å². The molecule has 7 heteroatoms. The molecule has 1 heterocycles. The zero-order chi connectivity index (χ0) is 11.5. The summed E-state index contributed by atoms with van der Waals surface area (Å²) in [5, 5.41) is 0. The standard InChI is InChI=1S/C8H7F3N2O2/c9-8(10,11)4-15-5-2-1-3-13-6(5)7(12)14/h1-3H,4H2,(H2,12,14). The predicted octanol–water partition coefficient (Wildman–Crippen LogP) is 1.12. The minimum absolute atomic E-state index is 0.276. The summed E-state index contributed by atoms with van der Waals surface area (Å²) < 4.78 is 39.8. The number of amides is 1. The molecular weight excluding hydrogens is 213 g/mol. The molecular formula is C8H7F3N2O2. The number of carbonyl (C=O) groups excluding carboxylic acids is 1. The SMILES string of the molecule is NC(=O)c1ncccc1OCC(F)(F)F. The van der Waals surface area contributed by atoms with Crippen molar-refractivity contribution in [2.24, 2.45) is 5.73 Å². The third-order valence-corrected chi connectivity index (χ3v) is 1.40. The van der Waals surface area contributed by atoms with Crippen LogP contribution in [0.3, 0.4) is 0 Å². The number of alkyl halides is 3. The lowest BCUT2D eigenvalue weighted by atomic mass is 10.3. The predicted molar refractivity (Wildman–Crippen MR) is 44.3 cm³/mol. The Morgan fingerprint density at radius 2 is 2.20 bits per heavy atom. The van der Waals surface area contributed by atoms with Gasteiger partial charge in [-0.2, -0.15) is 13.2 Å². The highest BCUT2D eigenvalue weighted by atomic mass is 19.4. The lowest BCUT2D eigenvalue weighted by Crippen LogP contribution is -2.21. The first-order chi connectivity index (χ1) is 6.90. The molecule has 82 valence electrons. The van der Waals surface area contributed by atoms with Crippen molar-refractivity contribution in [3.05, 3.63) is 24.0 Å². The average Bonchev–Trinajstić information content (AvgIpc) is 2.14. The maximum atomic E-state index is 11.8. The summed E-state index contributed by atoms with van der Waals surface area (Å²) in [5.74, 6) is -1.21. The number of ether oxygens (including phenoxy) is 1. The van der Waals surface area contributed by atoms with Gasteiger partial charge in [-0.3, -0.25) is 4.79 Å². The van der Waals surface area contributed by atoms with Gasteiger partial charge in [-0.05, 0) is 12.1 Å². The molecule has 0 aliphatic rings. The van der Waals surface area contributed by atoms with Crippen molar-refractivity contribution < 1.29 is 22.7 Å². The topological polar surface area (TPSA) is 65.2 Å². The van der Waals surface area contributed by atoms with Gasteiger partial charge in [-0.1, -0.05) is 0 Å². The van der Waals surface area contributed by atoms with Crippen LogP contribution in [0.5, 0.6) is 5.75 Å². The molecule has 1 aromatic rings. The van der Waals surface area contributed by atoms with Gasteiger partial charge in [-0.25, -0.2) is 4.98 Å². The molecule has 2 N–H and O–H groups in total. The van der Waals surface area contributed by atoms with Crippen LogP contribution in [-0.4, -0.2) is 23.7 Å². The van der Waals surface area contributed by atoms with E-state index in [1.165, 1.54) is 18.3 Å². The fourth-order valence-electron chi connectivity index (χ4n) is 0.852. The van der Waals surface area contributed by atoms with E-state index in [1.807, 2.05) is 0 Å². The molecule has 15 heavy (non-hydrogen) atoms. The van der Waals surface area contributed by atoms with Crippen molar-refractivity contribution in [2.75, 3.05) is 6.61 Å². The molecule has 0 atom stereocenters. The van der Waals surface area contributed by atoms with Crippen molar-refractivity contribution >= 4 is 5.91 Å². The molecule has 1 amide bonds. The number of primary amides is 1. The Hall–Kier alpha value is -1.79. The van der Waals surface area contributed by atoms with Gasteiger partial charge in [-0.15, -0.1) is 0 Å². The Balaban J connectivity index is 2.81. The molecule has 0 saturated carbocycles. The first kappa shape index (κ1) is 11.3. The smallest absolute Gasteiger partial charge is 0.422 e. The number of carbonyl (C=O) groups is 1. The van der Waals surface area contributed by atoms with E-state index in [9.17, 15) is 18.0 Å². The summed E-state index contributed by atoms with van der Waals surface area (Å²) in [4.78, 5) is 14.3. The first-order valence-corrected chi connectivity index (χ1v) is 3.84. The van der Waals surface area contributed by atoms with Gasteiger partial charge in [0.15, 0.2) is 18.1 Å². The third kappa shape index (κ3) is 3.45. The minimum Gasteiger partial charge on any atom is -0.482 e. The molecule has 0 unspecified atom stereocenters. The zero-order valence-electron chi connectivity index (χ0n) is 7.41. The Labute approximate surface area is 82.9 Å². The minimum atomic E-state index is -4.47. The van der Waals surface area contributed by atoms with Gasteiger partial charge in [0.2, 0.25) is 0 Å². The summed E-state index contributed by atoms with van der Waals surface area (Å²) in [5.41, 5.74) is 4.57. The molecule has 0 saturated heterocycles. The number of hydrogen-bond donors (Lipinski definition) is 1. The second kappa shape index (κ2) is 4.16. The van der Waals surface area contributed by atoms with Gasteiger partial charge in [0.25, 0.3) is 5.91 Å². The van der Waals surface area contributed by atoms with E-state index in [0.29, 0.717) is 0 Å². The summed E-state index contributed by atoms with van der Waals surface area (Å²) in [6.07, 6.45) is -3.23. The Morgan fingerprint density at radius 1 is 1.53 bits per heavy atom. The van der Waals surface area contributed by atoms with Gasteiger partial charge in [0, 0.05) is 6.20 Å². The largest absolute Gasteiger partial charge is 0.482 e. The maximum Gasteiger partial charge on any atom is 0.422 e. The monoisotopic (exact) mass is 220 g/mol. The lowest BCUT2D eigenvalue weighted by molar-refractivity contribution is -0.153. The summed E-state index contributed by atoms with van der Waals surface area (Å²) in [6.45, 7) is -1.49. The fraction of sp³-hybridized carbons (Fsp3) is 0.250. The molecule has 4 nitrogen and oxygen atoms in total. The second-order valence-electron chi connectivity index (χ2n) is 2.62. The number of hydrogen-bond acceptors (Lipinski definition) is 3. The van der Waals surface area contributed by atoms with Crippen LogP contribution in [0.1, 0.15) is 10.5 Å².